The lowest BCUT2D eigenvalue weighted by atomic mass is 10.1. The van der Waals surface area contributed by atoms with Gasteiger partial charge in [-0.05, 0) is 18.9 Å². The van der Waals surface area contributed by atoms with Gasteiger partial charge in [-0.15, -0.1) is 0 Å². The maximum absolute atomic E-state index is 11.3. The molecule has 1 saturated heterocycles. The van der Waals surface area contributed by atoms with Crippen LogP contribution in [0.1, 0.15) is 18.5 Å². The van der Waals surface area contributed by atoms with Gasteiger partial charge < -0.3 is 5.32 Å². The van der Waals surface area contributed by atoms with E-state index in [0.717, 1.165) is 0 Å². The Balaban J connectivity index is 2.12. The summed E-state index contributed by atoms with van der Waals surface area (Å²) in [5.41, 5.74) is -0.604. The second kappa shape index (κ2) is 5.42. The zero-order chi connectivity index (χ0) is 14.8. The Morgan fingerprint density at radius 1 is 1.40 bits per heavy atom. The SMILES string of the molecule is N#Cc1nc(NC2CCS(=O)(=O)CC2)ccc1[N+](=O)[O-]. The molecule has 0 saturated carbocycles. The molecule has 1 aromatic heterocycles. The lowest BCUT2D eigenvalue weighted by Crippen LogP contribution is -2.32. The molecule has 2 heterocycles. The molecule has 1 fully saturated rings. The average Bonchev–Trinajstić information content (AvgIpc) is 2.40. The number of nitrogens with one attached hydrogen (secondary N) is 1. The Hall–Kier alpha value is -2.21. The van der Waals surface area contributed by atoms with Gasteiger partial charge in [0, 0.05) is 12.1 Å². The Labute approximate surface area is 115 Å². The highest BCUT2D eigenvalue weighted by molar-refractivity contribution is 7.91. The number of nitro groups is 1. The Morgan fingerprint density at radius 2 is 2.05 bits per heavy atom. The van der Waals surface area contributed by atoms with Gasteiger partial charge in [0.1, 0.15) is 21.7 Å². The van der Waals surface area contributed by atoms with E-state index in [0.29, 0.717) is 18.7 Å². The van der Waals surface area contributed by atoms with Crippen molar-refractivity contribution in [3.05, 3.63) is 27.9 Å². The summed E-state index contributed by atoms with van der Waals surface area (Å²) < 4.78 is 22.6. The molecular formula is C11H12N4O4S. The summed E-state index contributed by atoms with van der Waals surface area (Å²) in [5, 5.41) is 22.5. The fraction of sp³-hybridized carbons (Fsp3) is 0.455. The van der Waals surface area contributed by atoms with Gasteiger partial charge in [0.25, 0.3) is 0 Å². The van der Waals surface area contributed by atoms with E-state index < -0.39 is 14.8 Å². The minimum Gasteiger partial charge on any atom is -0.367 e. The largest absolute Gasteiger partial charge is 0.367 e. The van der Waals surface area contributed by atoms with Crippen molar-refractivity contribution in [1.82, 2.24) is 4.98 Å². The second-order valence-electron chi connectivity index (χ2n) is 4.50. The molecule has 0 unspecified atom stereocenters. The summed E-state index contributed by atoms with van der Waals surface area (Å²) in [6.07, 6.45) is 0.922. The first-order chi connectivity index (χ1) is 9.41. The van der Waals surface area contributed by atoms with Crippen molar-refractivity contribution in [3.8, 4) is 6.07 Å². The first kappa shape index (κ1) is 14.2. The quantitative estimate of drug-likeness (QED) is 0.647. The number of hydrogen-bond acceptors (Lipinski definition) is 7. The number of hydrogen-bond donors (Lipinski definition) is 1. The van der Waals surface area contributed by atoms with Crippen LogP contribution < -0.4 is 5.32 Å². The summed E-state index contributed by atoms with van der Waals surface area (Å²) in [5.74, 6) is 0.572. The number of anilines is 1. The fourth-order valence-electron chi connectivity index (χ4n) is 2.01. The predicted molar refractivity (Wildman–Crippen MR) is 70.9 cm³/mol. The molecule has 1 N–H and O–H groups in total. The molecule has 8 nitrogen and oxygen atoms in total. The molecule has 0 aliphatic carbocycles. The number of nitrogens with zero attached hydrogens (tertiary/aromatic N) is 3. The molecule has 0 aromatic carbocycles. The summed E-state index contributed by atoms with van der Waals surface area (Å²) in [4.78, 5) is 13.9. The summed E-state index contributed by atoms with van der Waals surface area (Å²) in [6, 6.07) is 4.26. The smallest absolute Gasteiger partial charge is 0.305 e. The van der Waals surface area contributed by atoms with Crippen LogP contribution in [0, 0.1) is 21.4 Å². The van der Waals surface area contributed by atoms with Crippen LogP contribution >= 0.6 is 0 Å². The third kappa shape index (κ3) is 3.21. The van der Waals surface area contributed by atoms with Crippen molar-refractivity contribution < 1.29 is 13.3 Å². The Bertz CT molecular complexity index is 666. The van der Waals surface area contributed by atoms with E-state index in [1.54, 1.807) is 6.07 Å². The van der Waals surface area contributed by atoms with E-state index in [1.807, 2.05) is 0 Å². The van der Waals surface area contributed by atoms with Crippen molar-refractivity contribution >= 4 is 21.3 Å². The van der Waals surface area contributed by atoms with Crippen LogP contribution in [0.15, 0.2) is 12.1 Å². The number of sulfone groups is 1. The third-order valence-electron chi connectivity index (χ3n) is 3.08. The first-order valence-electron chi connectivity index (χ1n) is 5.94. The zero-order valence-corrected chi connectivity index (χ0v) is 11.3. The minimum atomic E-state index is -2.94. The molecule has 2 rings (SSSR count). The molecular weight excluding hydrogens is 284 g/mol. The van der Waals surface area contributed by atoms with Crippen LogP contribution in [0.2, 0.25) is 0 Å². The molecule has 1 aromatic rings. The molecule has 0 amide bonds. The van der Waals surface area contributed by atoms with E-state index in [1.165, 1.54) is 12.1 Å². The van der Waals surface area contributed by atoms with Crippen LogP contribution in [0.4, 0.5) is 11.5 Å². The highest BCUT2D eigenvalue weighted by atomic mass is 32.2. The molecule has 0 atom stereocenters. The van der Waals surface area contributed by atoms with Crippen molar-refractivity contribution in [2.24, 2.45) is 0 Å². The van der Waals surface area contributed by atoms with Gasteiger partial charge in [0.2, 0.25) is 5.69 Å². The molecule has 20 heavy (non-hydrogen) atoms. The van der Waals surface area contributed by atoms with Gasteiger partial charge in [0.15, 0.2) is 0 Å². The van der Waals surface area contributed by atoms with Crippen LogP contribution in [-0.4, -0.2) is 35.9 Å². The topological polar surface area (TPSA) is 126 Å². The van der Waals surface area contributed by atoms with Gasteiger partial charge in [0.05, 0.1) is 16.4 Å². The van der Waals surface area contributed by atoms with Gasteiger partial charge in [-0.25, -0.2) is 13.4 Å². The van der Waals surface area contributed by atoms with E-state index in [4.69, 9.17) is 5.26 Å². The van der Waals surface area contributed by atoms with Gasteiger partial charge >= 0.3 is 5.69 Å². The van der Waals surface area contributed by atoms with Crippen LogP contribution in [-0.2, 0) is 9.84 Å². The average molecular weight is 296 g/mol. The van der Waals surface area contributed by atoms with Gasteiger partial charge in [-0.3, -0.25) is 10.1 Å². The Morgan fingerprint density at radius 3 is 2.60 bits per heavy atom. The number of rotatable bonds is 3. The summed E-state index contributed by atoms with van der Waals surface area (Å²) in [6.45, 7) is 0. The molecule has 1 aliphatic rings. The Kier molecular flexibility index (Phi) is 3.85. The molecule has 0 radical (unpaired) electrons. The minimum absolute atomic E-state index is 0.0565. The van der Waals surface area contributed by atoms with E-state index in [9.17, 15) is 18.5 Å². The zero-order valence-electron chi connectivity index (χ0n) is 10.4. The lowest BCUT2D eigenvalue weighted by Gasteiger charge is -2.23. The highest BCUT2D eigenvalue weighted by Gasteiger charge is 2.24. The van der Waals surface area contributed by atoms with Crippen LogP contribution in [0.25, 0.3) is 0 Å². The molecule has 0 spiro atoms. The van der Waals surface area contributed by atoms with Crippen LogP contribution in [0.5, 0.6) is 0 Å². The van der Waals surface area contributed by atoms with Crippen LogP contribution in [0.3, 0.4) is 0 Å². The van der Waals surface area contributed by atoms with Crippen molar-refractivity contribution in [1.29, 1.82) is 5.26 Å². The second-order valence-corrected chi connectivity index (χ2v) is 6.81. The van der Waals surface area contributed by atoms with Gasteiger partial charge in [-0.1, -0.05) is 0 Å². The van der Waals surface area contributed by atoms with E-state index >= 15 is 0 Å². The standard InChI is InChI=1S/C11H12N4O4S/c12-7-9-10(15(16)17)1-2-11(14-9)13-8-3-5-20(18,19)6-4-8/h1-2,8H,3-6H2,(H,13,14). The van der Waals surface area contributed by atoms with Crippen molar-refractivity contribution in [2.75, 3.05) is 16.8 Å². The summed E-state index contributed by atoms with van der Waals surface area (Å²) in [7, 11) is -2.94. The third-order valence-corrected chi connectivity index (χ3v) is 4.80. The maximum Gasteiger partial charge on any atom is 0.305 e. The predicted octanol–water partition coefficient (Wildman–Crippen LogP) is 0.851. The monoisotopic (exact) mass is 296 g/mol. The first-order valence-corrected chi connectivity index (χ1v) is 7.76. The van der Waals surface area contributed by atoms with Crippen molar-refractivity contribution in [3.63, 3.8) is 0 Å². The number of nitriles is 1. The number of aromatic nitrogens is 1. The lowest BCUT2D eigenvalue weighted by molar-refractivity contribution is -0.385. The normalized spacial score (nSPS) is 18.1. The van der Waals surface area contributed by atoms with Crippen molar-refractivity contribution in [2.45, 2.75) is 18.9 Å². The van der Waals surface area contributed by atoms with Gasteiger partial charge in [-0.2, -0.15) is 5.26 Å². The maximum atomic E-state index is 11.3. The summed E-state index contributed by atoms with van der Waals surface area (Å²) >= 11 is 0. The number of pyridine rings is 1. The molecule has 0 bridgehead atoms. The highest BCUT2D eigenvalue weighted by Crippen LogP contribution is 2.21. The molecule has 106 valence electrons. The van der Waals surface area contributed by atoms with E-state index in [-0.39, 0.29) is 28.9 Å². The van der Waals surface area contributed by atoms with E-state index in [2.05, 4.69) is 10.3 Å². The fourth-order valence-corrected chi connectivity index (χ4v) is 3.50. The molecule has 9 heteroatoms. The molecule has 1 aliphatic heterocycles.